The molecular weight excluding hydrogens is 230 g/mol. The average molecular weight is 249 g/mol. The number of amidine groups is 1. The van der Waals surface area contributed by atoms with Gasteiger partial charge in [-0.3, -0.25) is 4.79 Å². The number of rotatable bonds is 4. The molecule has 1 aromatic carbocycles. The minimum absolute atomic E-state index is 0.104. The zero-order chi connectivity index (χ0) is 13.7. The van der Waals surface area contributed by atoms with Crippen LogP contribution in [-0.2, 0) is 0 Å². The molecule has 98 valence electrons. The van der Waals surface area contributed by atoms with Crippen LogP contribution in [0.5, 0.6) is 0 Å². The van der Waals surface area contributed by atoms with E-state index < -0.39 is 0 Å². The maximum atomic E-state index is 12.0. The Hall–Kier alpha value is -2.04. The van der Waals surface area contributed by atoms with Crippen LogP contribution in [-0.4, -0.2) is 23.5 Å². The van der Waals surface area contributed by atoms with E-state index in [-0.39, 0.29) is 11.7 Å². The van der Waals surface area contributed by atoms with E-state index >= 15 is 0 Å². The number of aryl methyl sites for hydroxylation is 3. The lowest BCUT2D eigenvalue weighted by Gasteiger charge is -2.11. The van der Waals surface area contributed by atoms with Gasteiger partial charge in [0.25, 0.3) is 5.91 Å². The summed E-state index contributed by atoms with van der Waals surface area (Å²) in [4.78, 5) is 12.0. The van der Waals surface area contributed by atoms with Crippen molar-refractivity contribution in [3.63, 3.8) is 0 Å². The molecule has 1 rings (SSSR count). The van der Waals surface area contributed by atoms with E-state index in [2.05, 4.69) is 10.5 Å². The first kappa shape index (κ1) is 14.0. The quantitative estimate of drug-likeness (QED) is 0.327. The van der Waals surface area contributed by atoms with E-state index in [0.717, 1.165) is 16.7 Å². The van der Waals surface area contributed by atoms with Crippen molar-refractivity contribution >= 4 is 11.7 Å². The maximum absolute atomic E-state index is 12.0. The third kappa shape index (κ3) is 3.48. The van der Waals surface area contributed by atoms with Gasteiger partial charge in [0.15, 0.2) is 0 Å². The van der Waals surface area contributed by atoms with Gasteiger partial charge in [0.05, 0.1) is 0 Å². The molecule has 0 atom stereocenters. The van der Waals surface area contributed by atoms with Gasteiger partial charge in [0, 0.05) is 18.5 Å². The summed E-state index contributed by atoms with van der Waals surface area (Å²) < 4.78 is 0. The zero-order valence-electron chi connectivity index (χ0n) is 10.9. The van der Waals surface area contributed by atoms with Crippen LogP contribution in [0.3, 0.4) is 0 Å². The van der Waals surface area contributed by atoms with E-state index in [9.17, 15) is 4.79 Å². The molecule has 0 heterocycles. The number of oxime groups is 1. The maximum Gasteiger partial charge on any atom is 0.251 e. The smallest absolute Gasteiger partial charge is 0.251 e. The predicted octanol–water partition coefficient (Wildman–Crippen LogP) is 1.48. The molecule has 4 N–H and O–H groups in total. The van der Waals surface area contributed by atoms with Crippen molar-refractivity contribution in [3.8, 4) is 0 Å². The van der Waals surface area contributed by atoms with Gasteiger partial charge < -0.3 is 16.3 Å². The van der Waals surface area contributed by atoms with Crippen LogP contribution >= 0.6 is 0 Å². The van der Waals surface area contributed by atoms with Gasteiger partial charge in [-0.15, -0.1) is 0 Å². The molecule has 5 heteroatoms. The monoisotopic (exact) mass is 249 g/mol. The average Bonchev–Trinajstić information content (AvgIpc) is 2.27. The molecule has 1 aromatic rings. The molecule has 0 radical (unpaired) electrons. The van der Waals surface area contributed by atoms with E-state index in [0.29, 0.717) is 18.5 Å². The molecule has 0 aromatic heterocycles. The predicted molar refractivity (Wildman–Crippen MR) is 71.0 cm³/mol. The summed E-state index contributed by atoms with van der Waals surface area (Å²) in [6.45, 7) is 6.18. The van der Waals surface area contributed by atoms with Crippen LogP contribution in [0.15, 0.2) is 17.3 Å². The van der Waals surface area contributed by atoms with Gasteiger partial charge in [-0.2, -0.15) is 0 Å². The molecule has 5 nitrogen and oxygen atoms in total. The number of carbonyl (C=O) groups excluding carboxylic acids is 1. The zero-order valence-corrected chi connectivity index (χ0v) is 10.9. The fraction of sp³-hybridized carbons (Fsp3) is 0.385. The Morgan fingerprint density at radius 2 is 1.89 bits per heavy atom. The number of nitrogens with zero attached hydrogens (tertiary/aromatic N) is 1. The Bertz CT molecular complexity index is 458. The minimum Gasteiger partial charge on any atom is -0.409 e. The normalized spacial score (nSPS) is 11.4. The molecule has 0 aliphatic heterocycles. The topological polar surface area (TPSA) is 87.7 Å². The number of hydrogen-bond acceptors (Lipinski definition) is 3. The van der Waals surface area contributed by atoms with E-state index in [1.807, 2.05) is 32.9 Å². The summed E-state index contributed by atoms with van der Waals surface area (Å²) in [5, 5.41) is 14.0. The number of carbonyl (C=O) groups is 1. The molecule has 0 aliphatic carbocycles. The molecule has 18 heavy (non-hydrogen) atoms. The molecule has 0 saturated heterocycles. The first-order chi connectivity index (χ1) is 8.45. The van der Waals surface area contributed by atoms with Crippen molar-refractivity contribution in [3.05, 3.63) is 34.4 Å². The van der Waals surface area contributed by atoms with Crippen LogP contribution in [0.1, 0.15) is 33.5 Å². The van der Waals surface area contributed by atoms with Gasteiger partial charge in [-0.25, -0.2) is 0 Å². The highest BCUT2D eigenvalue weighted by Gasteiger charge is 2.12. The highest BCUT2D eigenvalue weighted by molar-refractivity contribution is 5.97. The van der Waals surface area contributed by atoms with Crippen molar-refractivity contribution in [1.82, 2.24) is 5.32 Å². The van der Waals surface area contributed by atoms with Gasteiger partial charge in [-0.05, 0) is 31.9 Å². The van der Waals surface area contributed by atoms with Crippen LogP contribution in [0.4, 0.5) is 0 Å². The lowest BCUT2D eigenvalue weighted by molar-refractivity contribution is 0.0953. The fourth-order valence-corrected chi connectivity index (χ4v) is 1.98. The largest absolute Gasteiger partial charge is 0.409 e. The third-order valence-corrected chi connectivity index (χ3v) is 2.70. The van der Waals surface area contributed by atoms with Crippen LogP contribution in [0.2, 0.25) is 0 Å². The number of nitrogens with two attached hydrogens (primary N) is 1. The van der Waals surface area contributed by atoms with Crippen LogP contribution in [0.25, 0.3) is 0 Å². The van der Waals surface area contributed by atoms with Crippen LogP contribution < -0.4 is 11.1 Å². The lowest BCUT2D eigenvalue weighted by Crippen LogP contribution is -2.29. The third-order valence-electron chi connectivity index (χ3n) is 2.70. The molecular formula is C13H19N3O2. The Morgan fingerprint density at radius 1 is 1.33 bits per heavy atom. The second kappa shape index (κ2) is 6.05. The number of benzene rings is 1. The van der Waals surface area contributed by atoms with E-state index in [1.165, 1.54) is 0 Å². The molecule has 0 fully saturated rings. The van der Waals surface area contributed by atoms with Crippen LogP contribution in [0, 0.1) is 20.8 Å². The fourth-order valence-electron chi connectivity index (χ4n) is 1.98. The summed E-state index contributed by atoms with van der Waals surface area (Å²) in [6, 6.07) is 3.96. The second-order valence-electron chi connectivity index (χ2n) is 4.37. The van der Waals surface area contributed by atoms with Gasteiger partial charge in [0.1, 0.15) is 5.84 Å². The molecule has 0 saturated carbocycles. The highest BCUT2D eigenvalue weighted by atomic mass is 16.4. The summed E-state index contributed by atoms with van der Waals surface area (Å²) >= 11 is 0. The lowest BCUT2D eigenvalue weighted by atomic mass is 9.99. The SMILES string of the molecule is Cc1cc(C)c(C(=O)NCCC(N)=NO)c(C)c1. The Balaban J connectivity index is 2.73. The minimum atomic E-state index is -0.129. The Kier molecular flexibility index (Phi) is 4.71. The Labute approximate surface area is 107 Å². The standard InChI is InChI=1S/C13H19N3O2/c1-8-6-9(2)12(10(3)7-8)13(17)15-5-4-11(14)16-18/h6-7,18H,4-5H2,1-3H3,(H2,14,16)(H,15,17). The van der Waals surface area contributed by atoms with Gasteiger partial charge >= 0.3 is 0 Å². The summed E-state index contributed by atoms with van der Waals surface area (Å²) in [5.41, 5.74) is 9.06. The number of hydrogen-bond donors (Lipinski definition) is 3. The van der Waals surface area contributed by atoms with Crippen molar-refractivity contribution < 1.29 is 10.0 Å². The van der Waals surface area contributed by atoms with Gasteiger partial charge in [0.2, 0.25) is 0 Å². The molecule has 0 bridgehead atoms. The first-order valence-electron chi connectivity index (χ1n) is 5.78. The number of nitrogens with one attached hydrogen (secondary N) is 1. The summed E-state index contributed by atoms with van der Waals surface area (Å²) in [7, 11) is 0. The highest BCUT2D eigenvalue weighted by Crippen LogP contribution is 2.16. The van der Waals surface area contributed by atoms with Crippen molar-refractivity contribution in [2.24, 2.45) is 10.9 Å². The molecule has 0 aliphatic rings. The Morgan fingerprint density at radius 3 is 2.39 bits per heavy atom. The second-order valence-corrected chi connectivity index (χ2v) is 4.37. The van der Waals surface area contributed by atoms with E-state index in [1.54, 1.807) is 0 Å². The molecule has 0 unspecified atom stereocenters. The van der Waals surface area contributed by atoms with Crippen molar-refractivity contribution in [1.29, 1.82) is 0 Å². The van der Waals surface area contributed by atoms with Gasteiger partial charge in [-0.1, -0.05) is 22.9 Å². The molecule has 0 spiro atoms. The summed E-state index contributed by atoms with van der Waals surface area (Å²) in [6.07, 6.45) is 0.326. The summed E-state index contributed by atoms with van der Waals surface area (Å²) in [5.74, 6) is -0.0246. The van der Waals surface area contributed by atoms with Crippen molar-refractivity contribution in [2.75, 3.05) is 6.54 Å². The number of amides is 1. The molecule has 1 amide bonds. The van der Waals surface area contributed by atoms with E-state index in [4.69, 9.17) is 10.9 Å². The van der Waals surface area contributed by atoms with Crippen molar-refractivity contribution in [2.45, 2.75) is 27.2 Å². The first-order valence-corrected chi connectivity index (χ1v) is 5.78.